The molecule has 5 nitrogen and oxygen atoms in total. The average Bonchev–Trinajstić information content (AvgIpc) is 2.79. The van der Waals surface area contributed by atoms with Gasteiger partial charge in [0.05, 0.1) is 0 Å². The zero-order valence-corrected chi connectivity index (χ0v) is 17.7. The number of benzene rings is 2. The van der Waals surface area contributed by atoms with Crippen molar-refractivity contribution in [3.05, 3.63) is 70.4 Å². The zero-order valence-electron chi connectivity index (χ0n) is 16.9. The maximum atomic E-state index is 13.1. The van der Waals surface area contributed by atoms with E-state index < -0.39 is 0 Å². The number of hydrogen-bond donors (Lipinski definition) is 0. The topological polar surface area (TPSA) is 53.0 Å². The second-order valence-corrected chi connectivity index (χ2v) is 9.12. The Hall–Kier alpha value is -2.09. The summed E-state index contributed by atoms with van der Waals surface area (Å²) in [5, 5.41) is 3.32. The third kappa shape index (κ3) is 4.96. The molecule has 0 saturated carbocycles. The van der Waals surface area contributed by atoms with Crippen LogP contribution in [-0.2, 0) is 0 Å². The molecule has 1 fully saturated rings. The standard InChI is InChI=1S/C23H26FN3O2S/c24-19-8-6-17(7-9-19)23(28)18-10-14-26(15-11-18)12-3-13-27-16-21(25-29)20-4-1-2-5-22(20)30-27/h1-2,4-9,18,21H,3,10-16H2. The summed E-state index contributed by atoms with van der Waals surface area (Å²) in [5.41, 5.74) is 1.64. The van der Waals surface area contributed by atoms with Crippen molar-refractivity contribution >= 4 is 17.7 Å². The molecule has 1 saturated heterocycles. The number of Topliss-reactive ketones (excluding diaryl/α,β-unsaturated/α-hetero) is 1. The van der Waals surface area contributed by atoms with Gasteiger partial charge in [0.2, 0.25) is 0 Å². The van der Waals surface area contributed by atoms with Gasteiger partial charge in [0.25, 0.3) is 0 Å². The highest BCUT2D eigenvalue weighted by molar-refractivity contribution is 7.97. The maximum Gasteiger partial charge on any atom is 0.166 e. The number of hydrogen-bond acceptors (Lipinski definition) is 6. The van der Waals surface area contributed by atoms with Crippen LogP contribution in [-0.4, -0.2) is 47.7 Å². The molecule has 0 amide bonds. The first-order valence-electron chi connectivity index (χ1n) is 10.5. The fourth-order valence-electron chi connectivity index (χ4n) is 4.27. The van der Waals surface area contributed by atoms with E-state index >= 15 is 0 Å². The fourth-order valence-corrected chi connectivity index (χ4v) is 5.44. The number of nitrogens with zero attached hydrogens (tertiary/aromatic N) is 3. The second-order valence-electron chi connectivity index (χ2n) is 7.98. The third-order valence-corrected chi connectivity index (χ3v) is 7.14. The molecular weight excluding hydrogens is 401 g/mol. The van der Waals surface area contributed by atoms with Gasteiger partial charge in [-0.15, -0.1) is 0 Å². The highest BCUT2D eigenvalue weighted by atomic mass is 32.2. The Morgan fingerprint density at radius 3 is 2.53 bits per heavy atom. The van der Waals surface area contributed by atoms with E-state index in [0.717, 1.165) is 55.9 Å². The van der Waals surface area contributed by atoms with Crippen molar-refractivity contribution in [1.29, 1.82) is 0 Å². The molecule has 0 bridgehead atoms. The van der Waals surface area contributed by atoms with Gasteiger partial charge in [-0.2, -0.15) is 4.91 Å². The highest BCUT2D eigenvalue weighted by Gasteiger charge is 2.28. The van der Waals surface area contributed by atoms with Crippen molar-refractivity contribution in [3.63, 3.8) is 0 Å². The minimum atomic E-state index is -0.313. The number of fused-ring (bicyclic) bond motifs is 1. The lowest BCUT2D eigenvalue weighted by molar-refractivity contribution is 0.0838. The molecule has 4 rings (SSSR count). The van der Waals surface area contributed by atoms with Gasteiger partial charge in [0.1, 0.15) is 11.9 Å². The number of carbonyl (C=O) groups excluding carboxylic acids is 1. The largest absolute Gasteiger partial charge is 0.303 e. The van der Waals surface area contributed by atoms with Crippen LogP contribution in [0.4, 0.5) is 4.39 Å². The van der Waals surface area contributed by atoms with E-state index in [0.29, 0.717) is 12.1 Å². The Bertz CT molecular complexity index is 884. The van der Waals surface area contributed by atoms with E-state index in [1.165, 1.54) is 12.1 Å². The molecule has 2 aromatic carbocycles. The Morgan fingerprint density at radius 1 is 1.07 bits per heavy atom. The summed E-state index contributed by atoms with van der Waals surface area (Å²) >= 11 is 1.71. The number of nitroso groups, excluding NO2 is 1. The molecule has 2 heterocycles. The molecular formula is C23H26FN3O2S. The van der Waals surface area contributed by atoms with Crippen LogP contribution >= 0.6 is 11.9 Å². The molecule has 158 valence electrons. The van der Waals surface area contributed by atoms with Gasteiger partial charge in [-0.1, -0.05) is 23.4 Å². The van der Waals surface area contributed by atoms with Crippen LogP contribution in [0.15, 0.2) is 58.6 Å². The molecule has 1 atom stereocenters. The predicted octanol–water partition coefficient (Wildman–Crippen LogP) is 4.94. The lowest BCUT2D eigenvalue weighted by Crippen LogP contribution is -2.38. The van der Waals surface area contributed by atoms with Crippen molar-refractivity contribution in [2.75, 3.05) is 32.7 Å². The van der Waals surface area contributed by atoms with E-state index in [4.69, 9.17) is 0 Å². The highest BCUT2D eigenvalue weighted by Crippen LogP contribution is 2.38. The number of rotatable bonds is 7. The van der Waals surface area contributed by atoms with Crippen molar-refractivity contribution in [2.24, 2.45) is 11.1 Å². The summed E-state index contributed by atoms with van der Waals surface area (Å²) in [6.45, 7) is 4.35. The first-order chi connectivity index (χ1) is 14.6. The first kappa shape index (κ1) is 21.2. The van der Waals surface area contributed by atoms with Gasteiger partial charge in [0.15, 0.2) is 5.78 Å². The van der Waals surface area contributed by atoms with Crippen LogP contribution in [0, 0.1) is 16.6 Å². The van der Waals surface area contributed by atoms with Crippen LogP contribution in [0.2, 0.25) is 0 Å². The summed E-state index contributed by atoms with van der Waals surface area (Å²) in [4.78, 5) is 27.4. The number of halogens is 1. The first-order valence-corrected chi connectivity index (χ1v) is 11.3. The lowest BCUT2D eigenvalue weighted by atomic mass is 9.89. The van der Waals surface area contributed by atoms with Crippen LogP contribution in [0.5, 0.6) is 0 Å². The fraction of sp³-hybridized carbons (Fsp3) is 0.435. The molecule has 0 N–H and O–H groups in total. The molecule has 0 spiro atoms. The van der Waals surface area contributed by atoms with Crippen LogP contribution < -0.4 is 0 Å². The molecule has 30 heavy (non-hydrogen) atoms. The summed E-state index contributed by atoms with van der Waals surface area (Å²) < 4.78 is 15.3. The van der Waals surface area contributed by atoms with E-state index in [1.54, 1.807) is 24.1 Å². The molecule has 2 aliphatic rings. The molecule has 1 unspecified atom stereocenters. The summed E-state index contributed by atoms with van der Waals surface area (Å²) in [6, 6.07) is 13.6. The van der Waals surface area contributed by atoms with Crippen molar-refractivity contribution in [1.82, 2.24) is 9.21 Å². The van der Waals surface area contributed by atoms with Gasteiger partial charge in [-0.05, 0) is 86.7 Å². The minimum Gasteiger partial charge on any atom is -0.303 e. The Balaban J connectivity index is 1.21. The molecule has 2 aromatic rings. The summed E-state index contributed by atoms with van der Waals surface area (Å²) in [6.07, 6.45) is 2.70. The monoisotopic (exact) mass is 427 g/mol. The smallest absolute Gasteiger partial charge is 0.166 e. The molecule has 7 heteroatoms. The van der Waals surface area contributed by atoms with Gasteiger partial charge >= 0.3 is 0 Å². The second kappa shape index (κ2) is 9.81. The normalized spacial score (nSPS) is 20.6. The van der Waals surface area contributed by atoms with E-state index in [-0.39, 0.29) is 23.6 Å². The predicted molar refractivity (Wildman–Crippen MR) is 117 cm³/mol. The maximum absolute atomic E-state index is 13.1. The molecule has 0 radical (unpaired) electrons. The number of ketones is 1. The Kier molecular flexibility index (Phi) is 6.92. The van der Waals surface area contributed by atoms with Crippen LogP contribution in [0.25, 0.3) is 0 Å². The number of carbonyl (C=O) groups is 1. The van der Waals surface area contributed by atoms with Gasteiger partial charge in [-0.3, -0.25) is 4.79 Å². The SMILES string of the molecule is O=NC1CN(CCCN2CCC(C(=O)c3ccc(F)cc3)CC2)Sc2ccccc21. The molecule has 0 aromatic heterocycles. The number of likely N-dealkylation sites (tertiary alicyclic amines) is 1. The van der Waals surface area contributed by atoms with Gasteiger partial charge in [-0.25, -0.2) is 8.70 Å². The van der Waals surface area contributed by atoms with Crippen molar-refractivity contribution < 1.29 is 9.18 Å². The van der Waals surface area contributed by atoms with Gasteiger partial charge in [0, 0.05) is 29.5 Å². The average molecular weight is 428 g/mol. The quantitative estimate of drug-likeness (QED) is 0.356. The van der Waals surface area contributed by atoms with Crippen molar-refractivity contribution in [2.45, 2.75) is 30.2 Å². The van der Waals surface area contributed by atoms with E-state index in [2.05, 4.69) is 14.4 Å². The minimum absolute atomic E-state index is 0.0280. The number of piperidine rings is 1. The summed E-state index contributed by atoms with van der Waals surface area (Å²) in [7, 11) is 0. The van der Waals surface area contributed by atoms with E-state index in [9.17, 15) is 14.1 Å². The molecule has 2 aliphatic heterocycles. The lowest BCUT2D eigenvalue weighted by Gasteiger charge is -2.33. The molecule has 0 aliphatic carbocycles. The van der Waals surface area contributed by atoms with Crippen LogP contribution in [0.3, 0.4) is 0 Å². The van der Waals surface area contributed by atoms with E-state index in [1.807, 2.05) is 24.3 Å². The van der Waals surface area contributed by atoms with Gasteiger partial charge < -0.3 is 4.90 Å². The van der Waals surface area contributed by atoms with Crippen molar-refractivity contribution in [3.8, 4) is 0 Å². The Labute approximate surface area is 180 Å². The third-order valence-electron chi connectivity index (χ3n) is 5.98. The van der Waals surface area contributed by atoms with Crippen LogP contribution in [0.1, 0.15) is 41.2 Å². The summed E-state index contributed by atoms with van der Waals surface area (Å²) in [5.74, 6) is -0.155. The zero-order chi connectivity index (χ0) is 20.9. The Morgan fingerprint density at radius 2 is 1.80 bits per heavy atom.